The number of rotatable bonds is 2. The van der Waals surface area contributed by atoms with Crippen LogP contribution >= 0.6 is 0 Å². The molecule has 2 heterocycles. The van der Waals surface area contributed by atoms with Crippen molar-refractivity contribution in [1.82, 2.24) is 9.88 Å². The molecule has 1 amide bonds. The minimum atomic E-state index is 0.235. The lowest BCUT2D eigenvalue weighted by Gasteiger charge is -2.15. The van der Waals surface area contributed by atoms with E-state index in [1.807, 2.05) is 11.0 Å². The Labute approximate surface area is 89.1 Å². The normalized spacial score (nSPS) is 21.0. The molecule has 1 aliphatic heterocycles. The number of hydrogen-bond donors (Lipinski definition) is 1. The molecule has 80 valence electrons. The molecule has 1 aromatic rings. The summed E-state index contributed by atoms with van der Waals surface area (Å²) in [5.74, 6) is 1.22. The molecule has 1 aliphatic rings. The summed E-state index contributed by atoms with van der Waals surface area (Å²) in [6.45, 7) is 3.60. The lowest BCUT2D eigenvalue weighted by Crippen LogP contribution is -2.24. The maximum atomic E-state index is 11.5. The molecule has 0 radical (unpaired) electrons. The van der Waals surface area contributed by atoms with Gasteiger partial charge >= 0.3 is 0 Å². The van der Waals surface area contributed by atoms with Crippen molar-refractivity contribution in [2.24, 2.45) is 5.92 Å². The molecular weight excluding hydrogens is 190 g/mol. The van der Waals surface area contributed by atoms with Crippen LogP contribution in [-0.4, -0.2) is 22.3 Å². The van der Waals surface area contributed by atoms with E-state index in [0.717, 1.165) is 12.1 Å². The van der Waals surface area contributed by atoms with Crippen molar-refractivity contribution in [2.45, 2.75) is 19.9 Å². The maximum absolute atomic E-state index is 11.5. The van der Waals surface area contributed by atoms with Gasteiger partial charge in [-0.15, -0.1) is 0 Å². The molecule has 1 fully saturated rings. The van der Waals surface area contributed by atoms with Crippen LogP contribution in [0.15, 0.2) is 18.3 Å². The zero-order valence-electron chi connectivity index (χ0n) is 8.81. The summed E-state index contributed by atoms with van der Waals surface area (Å²) in [6, 6.07) is 3.68. The van der Waals surface area contributed by atoms with Gasteiger partial charge in [0.2, 0.25) is 5.91 Å². The second kappa shape index (κ2) is 3.88. The molecule has 1 aromatic heterocycles. The van der Waals surface area contributed by atoms with Crippen LogP contribution in [0.2, 0.25) is 0 Å². The number of pyridine rings is 1. The van der Waals surface area contributed by atoms with Crippen LogP contribution in [0.25, 0.3) is 0 Å². The maximum Gasteiger partial charge on any atom is 0.223 e. The number of nitrogens with zero attached hydrogens (tertiary/aromatic N) is 2. The van der Waals surface area contributed by atoms with Crippen molar-refractivity contribution >= 4 is 11.7 Å². The third-order valence-electron chi connectivity index (χ3n) is 2.63. The summed E-state index contributed by atoms with van der Waals surface area (Å²) in [7, 11) is 0. The predicted molar refractivity (Wildman–Crippen MR) is 57.8 cm³/mol. The SMILES string of the molecule is CC1CC(=O)N(Cc2ccc(N)nc2)C1. The highest BCUT2D eigenvalue weighted by atomic mass is 16.2. The van der Waals surface area contributed by atoms with Crippen molar-refractivity contribution in [3.8, 4) is 0 Å². The van der Waals surface area contributed by atoms with Gasteiger partial charge in [0.15, 0.2) is 0 Å². The Bertz CT molecular complexity index is 361. The first kappa shape index (κ1) is 9.96. The van der Waals surface area contributed by atoms with Crippen LogP contribution < -0.4 is 5.73 Å². The van der Waals surface area contributed by atoms with E-state index in [-0.39, 0.29) is 5.91 Å². The number of amides is 1. The number of carbonyl (C=O) groups is 1. The van der Waals surface area contributed by atoms with E-state index in [0.29, 0.717) is 24.7 Å². The molecule has 0 bridgehead atoms. The van der Waals surface area contributed by atoms with Gasteiger partial charge in [-0.3, -0.25) is 4.79 Å². The van der Waals surface area contributed by atoms with Crippen molar-refractivity contribution in [3.05, 3.63) is 23.9 Å². The Kier molecular flexibility index (Phi) is 2.58. The quantitative estimate of drug-likeness (QED) is 0.784. The lowest BCUT2D eigenvalue weighted by molar-refractivity contribution is -0.128. The Hall–Kier alpha value is -1.58. The van der Waals surface area contributed by atoms with Crippen LogP contribution in [0.5, 0.6) is 0 Å². The second-order valence-electron chi connectivity index (χ2n) is 4.17. The van der Waals surface area contributed by atoms with Crippen molar-refractivity contribution in [3.63, 3.8) is 0 Å². The first-order valence-electron chi connectivity index (χ1n) is 5.13. The zero-order chi connectivity index (χ0) is 10.8. The second-order valence-corrected chi connectivity index (χ2v) is 4.17. The molecule has 4 nitrogen and oxygen atoms in total. The highest BCUT2D eigenvalue weighted by molar-refractivity contribution is 5.78. The molecule has 0 saturated carbocycles. The van der Waals surface area contributed by atoms with Crippen LogP contribution in [0.1, 0.15) is 18.9 Å². The van der Waals surface area contributed by atoms with E-state index in [1.54, 1.807) is 12.3 Å². The molecule has 0 aromatic carbocycles. The number of nitrogens with two attached hydrogens (primary N) is 1. The molecule has 1 saturated heterocycles. The Morgan fingerprint density at radius 3 is 2.93 bits per heavy atom. The number of likely N-dealkylation sites (tertiary alicyclic amines) is 1. The lowest BCUT2D eigenvalue weighted by atomic mass is 10.2. The minimum Gasteiger partial charge on any atom is -0.384 e. The molecule has 0 aliphatic carbocycles. The van der Waals surface area contributed by atoms with Crippen LogP contribution in [0.3, 0.4) is 0 Å². The summed E-state index contributed by atoms with van der Waals surface area (Å²) in [4.78, 5) is 17.4. The summed E-state index contributed by atoms with van der Waals surface area (Å²) in [5, 5.41) is 0. The first-order valence-corrected chi connectivity index (χ1v) is 5.13. The van der Waals surface area contributed by atoms with E-state index < -0.39 is 0 Å². The van der Waals surface area contributed by atoms with Crippen molar-refractivity contribution in [1.29, 1.82) is 0 Å². The van der Waals surface area contributed by atoms with E-state index in [4.69, 9.17) is 5.73 Å². The highest BCUT2D eigenvalue weighted by Crippen LogP contribution is 2.19. The third kappa shape index (κ3) is 2.26. The van der Waals surface area contributed by atoms with Gasteiger partial charge in [0, 0.05) is 25.7 Å². The fourth-order valence-corrected chi connectivity index (χ4v) is 1.87. The molecule has 15 heavy (non-hydrogen) atoms. The van der Waals surface area contributed by atoms with Gasteiger partial charge in [-0.2, -0.15) is 0 Å². The molecule has 2 rings (SSSR count). The van der Waals surface area contributed by atoms with Crippen LogP contribution in [-0.2, 0) is 11.3 Å². The molecule has 4 heteroatoms. The van der Waals surface area contributed by atoms with E-state index >= 15 is 0 Å². The van der Waals surface area contributed by atoms with E-state index in [1.165, 1.54) is 0 Å². The predicted octanol–water partition coefficient (Wildman–Crippen LogP) is 1.03. The average molecular weight is 205 g/mol. The largest absolute Gasteiger partial charge is 0.384 e. The number of carbonyl (C=O) groups excluding carboxylic acids is 1. The first-order chi connectivity index (χ1) is 7.15. The van der Waals surface area contributed by atoms with Crippen molar-refractivity contribution < 1.29 is 4.79 Å². The average Bonchev–Trinajstić information content (AvgIpc) is 2.49. The summed E-state index contributed by atoms with van der Waals surface area (Å²) in [5.41, 5.74) is 6.53. The number of nitrogen functional groups attached to an aromatic ring is 1. The van der Waals surface area contributed by atoms with Gasteiger partial charge in [0.1, 0.15) is 5.82 Å². The summed E-state index contributed by atoms with van der Waals surface area (Å²) in [6.07, 6.45) is 2.40. The molecule has 0 spiro atoms. The zero-order valence-corrected chi connectivity index (χ0v) is 8.81. The van der Waals surface area contributed by atoms with Gasteiger partial charge in [-0.25, -0.2) is 4.98 Å². The fraction of sp³-hybridized carbons (Fsp3) is 0.455. The third-order valence-corrected chi connectivity index (χ3v) is 2.63. The molecular formula is C11H15N3O. The van der Waals surface area contributed by atoms with E-state index in [9.17, 15) is 4.79 Å². The van der Waals surface area contributed by atoms with Gasteiger partial charge in [-0.05, 0) is 17.5 Å². The monoisotopic (exact) mass is 205 g/mol. The Morgan fingerprint density at radius 2 is 2.40 bits per heavy atom. The van der Waals surface area contributed by atoms with Crippen molar-refractivity contribution in [2.75, 3.05) is 12.3 Å². The summed E-state index contributed by atoms with van der Waals surface area (Å²) < 4.78 is 0. The number of anilines is 1. The fourth-order valence-electron chi connectivity index (χ4n) is 1.87. The Balaban J connectivity index is 2.03. The van der Waals surface area contributed by atoms with Gasteiger partial charge < -0.3 is 10.6 Å². The van der Waals surface area contributed by atoms with Gasteiger partial charge in [-0.1, -0.05) is 13.0 Å². The minimum absolute atomic E-state index is 0.235. The van der Waals surface area contributed by atoms with Crippen LogP contribution in [0.4, 0.5) is 5.82 Å². The standard InChI is InChI=1S/C11H15N3O/c1-8-4-11(15)14(6-8)7-9-2-3-10(12)13-5-9/h2-3,5,8H,4,6-7H2,1H3,(H2,12,13). The molecule has 2 N–H and O–H groups in total. The number of hydrogen-bond acceptors (Lipinski definition) is 3. The Morgan fingerprint density at radius 1 is 1.60 bits per heavy atom. The number of aromatic nitrogens is 1. The van der Waals surface area contributed by atoms with Crippen LogP contribution in [0, 0.1) is 5.92 Å². The highest BCUT2D eigenvalue weighted by Gasteiger charge is 2.26. The van der Waals surface area contributed by atoms with E-state index in [2.05, 4.69) is 11.9 Å². The molecule has 1 atom stereocenters. The van der Waals surface area contributed by atoms with Gasteiger partial charge in [0.25, 0.3) is 0 Å². The van der Waals surface area contributed by atoms with Gasteiger partial charge in [0.05, 0.1) is 0 Å². The smallest absolute Gasteiger partial charge is 0.223 e. The summed E-state index contributed by atoms with van der Waals surface area (Å²) >= 11 is 0. The molecule has 1 unspecified atom stereocenters. The topological polar surface area (TPSA) is 59.2 Å².